The molecule has 0 aliphatic heterocycles. The maximum absolute atomic E-state index is 8.93. The molecule has 36 heavy (non-hydrogen) atoms. The molecule has 9 heteroatoms. The molecule has 0 atom stereocenters. The van der Waals surface area contributed by atoms with Gasteiger partial charge in [0.15, 0.2) is 0 Å². The summed E-state index contributed by atoms with van der Waals surface area (Å²) in [5.41, 5.74) is 6.45. The van der Waals surface area contributed by atoms with Crippen LogP contribution in [-0.4, -0.2) is 35.3 Å². The predicted molar refractivity (Wildman–Crippen MR) is 136 cm³/mol. The van der Waals surface area contributed by atoms with E-state index in [9.17, 15) is 0 Å². The third-order valence-electron chi connectivity index (χ3n) is 5.64. The highest BCUT2D eigenvalue weighted by molar-refractivity contribution is 5.99. The van der Waals surface area contributed by atoms with E-state index in [2.05, 4.69) is 0 Å². The number of nitrogens with one attached hydrogen (secondary N) is 4. The summed E-state index contributed by atoms with van der Waals surface area (Å²) in [5, 5.41) is 33.7. The van der Waals surface area contributed by atoms with Gasteiger partial charge in [0.2, 0.25) is 0 Å². The molecule has 0 radical (unpaired) electrons. The Morgan fingerprint density at radius 1 is 0.694 bits per heavy atom. The van der Waals surface area contributed by atoms with Crippen molar-refractivity contribution in [1.82, 2.24) is 11.0 Å². The lowest BCUT2D eigenvalue weighted by molar-refractivity contribution is 0.234. The quantitative estimate of drug-likeness (QED) is 0.0724. The van der Waals surface area contributed by atoms with Crippen LogP contribution in [0.1, 0.15) is 30.4 Å². The van der Waals surface area contributed by atoms with Gasteiger partial charge in [-0.25, -0.2) is 0 Å². The van der Waals surface area contributed by atoms with Crippen LogP contribution in [0.4, 0.5) is 0 Å². The Labute approximate surface area is 208 Å². The number of hydroxylamine groups is 2. The largest absolute Gasteiger partial charge is 0.494 e. The van der Waals surface area contributed by atoms with Crippen molar-refractivity contribution in [1.29, 1.82) is 10.8 Å². The van der Waals surface area contributed by atoms with Gasteiger partial charge in [-0.05, 0) is 92.1 Å². The lowest BCUT2D eigenvalue weighted by Gasteiger charge is -2.08. The summed E-state index contributed by atoms with van der Waals surface area (Å²) in [4.78, 5) is 0. The van der Waals surface area contributed by atoms with Gasteiger partial charge >= 0.3 is 0 Å². The lowest BCUT2D eigenvalue weighted by atomic mass is 10.1. The van der Waals surface area contributed by atoms with E-state index in [0.717, 1.165) is 47.5 Å². The Morgan fingerprint density at radius 2 is 1.25 bits per heavy atom. The molecule has 1 aromatic heterocycles. The maximum Gasteiger partial charge on any atom is 0.149 e. The van der Waals surface area contributed by atoms with Crippen LogP contribution in [0, 0.1) is 10.8 Å². The fraction of sp³-hybridized carbons (Fsp3) is 0.185. The van der Waals surface area contributed by atoms with Crippen LogP contribution in [0.5, 0.6) is 11.5 Å². The van der Waals surface area contributed by atoms with Crippen LogP contribution in [0.3, 0.4) is 0 Å². The molecule has 3 aromatic carbocycles. The lowest BCUT2D eigenvalue weighted by Crippen LogP contribution is -2.18. The Hall–Kier alpha value is -4.34. The molecule has 0 aliphatic rings. The molecule has 6 N–H and O–H groups in total. The standard InChI is InChI=1S/C27H28N4O5/c28-26(30-32)19-6-11-23(12-7-19)35-15-3-1-2-14-34-22-9-4-18(5-10-22)25-17-21-16-20(27(29)31-33)8-13-24(21)36-25/h4-13,16-17,32-33H,1-3,14-15H2,(H2,28,30)(H2,29,31). The normalized spacial score (nSPS) is 10.7. The molecule has 0 spiro atoms. The smallest absolute Gasteiger partial charge is 0.149 e. The first-order valence-electron chi connectivity index (χ1n) is 11.5. The monoisotopic (exact) mass is 488 g/mol. The number of benzene rings is 3. The summed E-state index contributed by atoms with van der Waals surface area (Å²) < 4.78 is 17.5. The van der Waals surface area contributed by atoms with Crippen LogP contribution >= 0.6 is 0 Å². The van der Waals surface area contributed by atoms with E-state index in [-0.39, 0.29) is 11.7 Å². The number of furan rings is 1. The van der Waals surface area contributed by atoms with Gasteiger partial charge in [-0.15, -0.1) is 0 Å². The third-order valence-corrected chi connectivity index (χ3v) is 5.64. The number of hydrogen-bond donors (Lipinski definition) is 6. The molecule has 0 unspecified atom stereocenters. The fourth-order valence-corrected chi connectivity index (χ4v) is 3.66. The van der Waals surface area contributed by atoms with E-state index in [1.807, 2.05) is 41.3 Å². The molecule has 4 aromatic rings. The van der Waals surface area contributed by atoms with Gasteiger partial charge in [0, 0.05) is 22.1 Å². The molecule has 1 heterocycles. The van der Waals surface area contributed by atoms with Gasteiger partial charge in [-0.2, -0.15) is 0 Å². The van der Waals surface area contributed by atoms with Crippen molar-refractivity contribution in [2.24, 2.45) is 0 Å². The molecule has 0 saturated carbocycles. The third kappa shape index (κ3) is 6.21. The van der Waals surface area contributed by atoms with Crippen molar-refractivity contribution >= 4 is 22.6 Å². The molecule has 0 saturated heterocycles. The van der Waals surface area contributed by atoms with Crippen LogP contribution in [0.15, 0.2) is 77.2 Å². The van der Waals surface area contributed by atoms with Crippen molar-refractivity contribution in [3.8, 4) is 22.8 Å². The number of rotatable bonds is 11. The second-order valence-corrected chi connectivity index (χ2v) is 8.14. The van der Waals surface area contributed by atoms with Gasteiger partial charge in [0.25, 0.3) is 0 Å². The zero-order valence-electron chi connectivity index (χ0n) is 19.6. The van der Waals surface area contributed by atoms with Crippen molar-refractivity contribution in [3.05, 3.63) is 83.9 Å². The second kappa shape index (κ2) is 11.9. The van der Waals surface area contributed by atoms with E-state index in [1.165, 1.54) is 0 Å². The molecule has 0 aliphatic carbocycles. The van der Waals surface area contributed by atoms with E-state index < -0.39 is 0 Å². The molecule has 0 fully saturated rings. The van der Waals surface area contributed by atoms with E-state index in [4.69, 9.17) is 35.1 Å². The van der Waals surface area contributed by atoms with Gasteiger partial charge in [0.1, 0.15) is 34.5 Å². The van der Waals surface area contributed by atoms with E-state index in [1.54, 1.807) is 42.5 Å². The molecule has 0 bridgehead atoms. The van der Waals surface area contributed by atoms with E-state index in [0.29, 0.717) is 29.9 Å². The zero-order chi connectivity index (χ0) is 25.3. The van der Waals surface area contributed by atoms with E-state index >= 15 is 0 Å². The number of unbranched alkanes of at least 4 members (excludes halogenated alkanes) is 2. The first-order chi connectivity index (χ1) is 17.6. The average Bonchev–Trinajstić information content (AvgIpc) is 3.36. The summed E-state index contributed by atoms with van der Waals surface area (Å²) >= 11 is 0. The Bertz CT molecular complexity index is 1320. The summed E-state index contributed by atoms with van der Waals surface area (Å²) in [7, 11) is 0. The summed E-state index contributed by atoms with van der Waals surface area (Å²) in [6, 6.07) is 21.9. The summed E-state index contributed by atoms with van der Waals surface area (Å²) in [6.07, 6.45) is 2.78. The minimum absolute atomic E-state index is 0.0556. The fourth-order valence-electron chi connectivity index (χ4n) is 3.66. The molecule has 4 rings (SSSR count). The number of ether oxygens (including phenoxy) is 2. The van der Waals surface area contributed by atoms with Gasteiger partial charge in [-0.3, -0.25) is 32.2 Å². The first-order valence-corrected chi connectivity index (χ1v) is 11.5. The highest BCUT2D eigenvalue weighted by Crippen LogP contribution is 2.29. The minimum atomic E-state index is -0.0703. The molecule has 186 valence electrons. The van der Waals surface area contributed by atoms with Crippen molar-refractivity contribution in [3.63, 3.8) is 0 Å². The van der Waals surface area contributed by atoms with Crippen molar-refractivity contribution in [2.45, 2.75) is 19.3 Å². The molecule has 9 nitrogen and oxygen atoms in total. The van der Waals surface area contributed by atoms with Crippen LogP contribution < -0.4 is 20.4 Å². The number of amidine groups is 2. The van der Waals surface area contributed by atoms with Gasteiger partial charge in [0.05, 0.1) is 13.2 Å². The zero-order valence-corrected chi connectivity index (χ0v) is 19.6. The van der Waals surface area contributed by atoms with Gasteiger partial charge in [-0.1, -0.05) is 0 Å². The van der Waals surface area contributed by atoms with Crippen LogP contribution in [0.2, 0.25) is 0 Å². The minimum Gasteiger partial charge on any atom is -0.494 e. The topological polar surface area (TPSA) is 144 Å². The molecular formula is C27H28N4O5. The number of fused-ring (bicyclic) bond motifs is 1. The highest BCUT2D eigenvalue weighted by Gasteiger charge is 2.09. The van der Waals surface area contributed by atoms with Gasteiger partial charge < -0.3 is 13.9 Å². The second-order valence-electron chi connectivity index (χ2n) is 8.14. The maximum atomic E-state index is 8.93. The van der Waals surface area contributed by atoms with Crippen molar-refractivity contribution in [2.75, 3.05) is 13.2 Å². The Balaban J connectivity index is 1.18. The first kappa shape index (κ1) is 24.8. The SMILES string of the molecule is N=C(NO)c1ccc(OCCCCCOc2ccc(-c3cc4cc(C(=N)NO)ccc4o3)cc2)cc1. The molecular weight excluding hydrogens is 460 g/mol. The van der Waals surface area contributed by atoms with Crippen LogP contribution in [-0.2, 0) is 0 Å². The summed E-state index contributed by atoms with van der Waals surface area (Å²) in [6.45, 7) is 1.21. The average molecular weight is 489 g/mol. The van der Waals surface area contributed by atoms with Crippen LogP contribution in [0.25, 0.3) is 22.3 Å². The predicted octanol–water partition coefficient (Wildman–Crippen LogP) is 5.34. The van der Waals surface area contributed by atoms with Crippen molar-refractivity contribution < 1.29 is 24.3 Å². The highest BCUT2D eigenvalue weighted by atomic mass is 16.5. The number of hydrogen-bond acceptors (Lipinski definition) is 7. The summed E-state index contributed by atoms with van der Waals surface area (Å²) in [5.74, 6) is 2.11. The Morgan fingerprint density at radius 3 is 1.86 bits per heavy atom. The molecule has 0 amide bonds. The Kier molecular flexibility index (Phi) is 8.17.